The fraction of sp³-hybridized carbons (Fsp3) is 0. The maximum Gasteiger partial charge on any atom is 0.270 e. The molecular formula is C13H8ClNO3. The van der Waals surface area contributed by atoms with Crippen LogP contribution in [0.25, 0.3) is 0 Å². The molecule has 0 amide bonds. The number of halogens is 1. The van der Waals surface area contributed by atoms with Gasteiger partial charge in [0.1, 0.15) is 0 Å². The van der Waals surface area contributed by atoms with Crippen molar-refractivity contribution in [2.45, 2.75) is 0 Å². The van der Waals surface area contributed by atoms with Crippen molar-refractivity contribution < 1.29 is 9.72 Å². The lowest BCUT2D eigenvalue weighted by Gasteiger charge is -2.01. The number of nitrogens with zero attached hydrogens (tertiary/aromatic N) is 1. The molecule has 0 aliphatic heterocycles. The predicted octanol–water partition coefficient (Wildman–Crippen LogP) is 3.48. The molecule has 0 aliphatic rings. The molecule has 0 fully saturated rings. The van der Waals surface area contributed by atoms with Crippen LogP contribution in [0, 0.1) is 10.1 Å². The standard InChI is InChI=1S/C13H8ClNO3/c14-11-5-1-3-9(7-11)13(16)10-4-2-6-12(8-10)15(17)18/h1-8H. The molecule has 18 heavy (non-hydrogen) atoms. The van der Waals surface area contributed by atoms with Crippen LogP contribution in [0.1, 0.15) is 15.9 Å². The molecule has 5 heteroatoms. The van der Waals surface area contributed by atoms with Crippen LogP contribution in [-0.4, -0.2) is 10.7 Å². The maximum atomic E-state index is 12.1. The second kappa shape index (κ2) is 4.98. The molecule has 2 aromatic carbocycles. The summed E-state index contributed by atoms with van der Waals surface area (Å²) in [6, 6.07) is 12.1. The summed E-state index contributed by atoms with van der Waals surface area (Å²) < 4.78 is 0. The quantitative estimate of drug-likeness (QED) is 0.483. The van der Waals surface area contributed by atoms with E-state index in [2.05, 4.69) is 0 Å². The van der Waals surface area contributed by atoms with Crippen molar-refractivity contribution in [1.82, 2.24) is 0 Å². The lowest BCUT2D eigenvalue weighted by atomic mass is 10.0. The Morgan fingerprint density at radius 2 is 1.67 bits per heavy atom. The van der Waals surface area contributed by atoms with Crippen LogP contribution in [0.15, 0.2) is 48.5 Å². The number of carbonyl (C=O) groups excluding carboxylic acids is 1. The third-order valence-electron chi connectivity index (χ3n) is 2.41. The Balaban J connectivity index is 2.40. The second-order valence-electron chi connectivity index (χ2n) is 3.65. The minimum absolute atomic E-state index is 0.108. The average molecular weight is 262 g/mol. The van der Waals surface area contributed by atoms with Crippen LogP contribution in [-0.2, 0) is 0 Å². The third-order valence-corrected chi connectivity index (χ3v) is 2.64. The summed E-state index contributed by atoms with van der Waals surface area (Å²) in [5, 5.41) is 11.1. The van der Waals surface area contributed by atoms with Gasteiger partial charge in [-0.2, -0.15) is 0 Å². The fourth-order valence-electron chi connectivity index (χ4n) is 1.56. The van der Waals surface area contributed by atoms with Crippen LogP contribution in [0.3, 0.4) is 0 Å². The Kier molecular flexibility index (Phi) is 3.39. The molecule has 0 saturated carbocycles. The summed E-state index contributed by atoms with van der Waals surface area (Å²) in [7, 11) is 0. The van der Waals surface area contributed by atoms with Gasteiger partial charge in [0.25, 0.3) is 5.69 Å². The number of hydrogen-bond donors (Lipinski definition) is 0. The van der Waals surface area contributed by atoms with E-state index in [-0.39, 0.29) is 17.0 Å². The maximum absolute atomic E-state index is 12.1. The Morgan fingerprint density at radius 1 is 1.06 bits per heavy atom. The molecule has 0 saturated heterocycles. The molecule has 2 rings (SSSR count). The van der Waals surface area contributed by atoms with E-state index in [9.17, 15) is 14.9 Å². The monoisotopic (exact) mass is 261 g/mol. The van der Waals surface area contributed by atoms with Crippen LogP contribution in [0.5, 0.6) is 0 Å². The Labute approximate surface area is 108 Å². The molecular weight excluding hydrogens is 254 g/mol. The van der Waals surface area contributed by atoms with Gasteiger partial charge in [-0.05, 0) is 12.1 Å². The number of nitro groups is 1. The molecule has 0 aromatic heterocycles. The fourth-order valence-corrected chi connectivity index (χ4v) is 1.75. The lowest BCUT2D eigenvalue weighted by Crippen LogP contribution is -2.01. The minimum atomic E-state index is -0.533. The van der Waals surface area contributed by atoms with Gasteiger partial charge in [0, 0.05) is 28.3 Å². The smallest absolute Gasteiger partial charge is 0.270 e. The van der Waals surface area contributed by atoms with Gasteiger partial charge in [0.2, 0.25) is 0 Å². The summed E-state index contributed by atoms with van der Waals surface area (Å²) in [6.07, 6.45) is 0. The minimum Gasteiger partial charge on any atom is -0.289 e. The van der Waals surface area contributed by atoms with Crippen molar-refractivity contribution in [3.8, 4) is 0 Å². The zero-order valence-electron chi connectivity index (χ0n) is 9.17. The normalized spacial score (nSPS) is 10.1. The number of rotatable bonds is 3. The van der Waals surface area contributed by atoms with Gasteiger partial charge in [-0.15, -0.1) is 0 Å². The SMILES string of the molecule is O=C(c1cccc(Cl)c1)c1cccc([N+](=O)[O-])c1. The highest BCUT2D eigenvalue weighted by atomic mass is 35.5. The van der Waals surface area contributed by atoms with E-state index in [0.717, 1.165) is 0 Å². The number of benzene rings is 2. The van der Waals surface area contributed by atoms with Crippen molar-refractivity contribution in [2.75, 3.05) is 0 Å². The highest BCUT2D eigenvalue weighted by molar-refractivity contribution is 6.31. The van der Waals surface area contributed by atoms with Gasteiger partial charge in [-0.3, -0.25) is 14.9 Å². The van der Waals surface area contributed by atoms with Gasteiger partial charge >= 0.3 is 0 Å². The second-order valence-corrected chi connectivity index (χ2v) is 4.08. The van der Waals surface area contributed by atoms with E-state index in [4.69, 9.17) is 11.6 Å². The van der Waals surface area contributed by atoms with Crippen molar-refractivity contribution in [3.05, 3.63) is 74.8 Å². The summed E-state index contributed by atoms with van der Waals surface area (Å²) >= 11 is 5.80. The number of hydrogen-bond acceptors (Lipinski definition) is 3. The molecule has 0 radical (unpaired) electrons. The molecule has 0 N–H and O–H groups in total. The van der Waals surface area contributed by atoms with E-state index in [1.807, 2.05) is 0 Å². The number of carbonyl (C=O) groups is 1. The van der Waals surface area contributed by atoms with Gasteiger partial charge in [-0.25, -0.2) is 0 Å². The molecule has 90 valence electrons. The van der Waals surface area contributed by atoms with Crippen molar-refractivity contribution in [2.24, 2.45) is 0 Å². The van der Waals surface area contributed by atoms with Crippen LogP contribution in [0.2, 0.25) is 5.02 Å². The van der Waals surface area contributed by atoms with Crippen LogP contribution >= 0.6 is 11.6 Å². The first-order valence-electron chi connectivity index (χ1n) is 5.12. The molecule has 0 heterocycles. The zero-order valence-corrected chi connectivity index (χ0v) is 9.92. The largest absolute Gasteiger partial charge is 0.289 e. The van der Waals surface area contributed by atoms with E-state index < -0.39 is 4.92 Å². The van der Waals surface area contributed by atoms with E-state index in [0.29, 0.717) is 10.6 Å². The number of non-ortho nitro benzene ring substituents is 1. The van der Waals surface area contributed by atoms with Crippen molar-refractivity contribution >= 4 is 23.1 Å². The molecule has 0 bridgehead atoms. The van der Waals surface area contributed by atoms with Gasteiger partial charge < -0.3 is 0 Å². The molecule has 2 aromatic rings. The molecule has 0 atom stereocenters. The summed E-state index contributed by atoms with van der Waals surface area (Å²) in [4.78, 5) is 22.2. The van der Waals surface area contributed by atoms with Crippen LogP contribution < -0.4 is 0 Å². The third kappa shape index (κ3) is 2.55. The first kappa shape index (κ1) is 12.3. The van der Waals surface area contributed by atoms with Crippen molar-refractivity contribution in [3.63, 3.8) is 0 Å². The summed E-state index contributed by atoms with van der Waals surface area (Å²) in [5.41, 5.74) is 0.567. The van der Waals surface area contributed by atoms with E-state index in [1.54, 1.807) is 18.2 Å². The van der Waals surface area contributed by atoms with Gasteiger partial charge in [0.15, 0.2) is 5.78 Å². The molecule has 0 spiro atoms. The molecule has 4 nitrogen and oxygen atoms in total. The summed E-state index contributed by atoms with van der Waals surface area (Å²) in [6.45, 7) is 0. The molecule has 0 unspecified atom stereocenters. The van der Waals surface area contributed by atoms with Gasteiger partial charge in [-0.1, -0.05) is 35.9 Å². The number of ketones is 1. The highest BCUT2D eigenvalue weighted by Gasteiger charge is 2.13. The molecule has 0 aliphatic carbocycles. The first-order chi connectivity index (χ1) is 8.58. The topological polar surface area (TPSA) is 60.2 Å². The van der Waals surface area contributed by atoms with Crippen molar-refractivity contribution in [1.29, 1.82) is 0 Å². The van der Waals surface area contributed by atoms with Crippen LogP contribution in [0.4, 0.5) is 5.69 Å². The van der Waals surface area contributed by atoms with E-state index >= 15 is 0 Å². The highest BCUT2D eigenvalue weighted by Crippen LogP contribution is 2.18. The number of nitro benzene ring substituents is 1. The Bertz CT molecular complexity index is 625. The zero-order chi connectivity index (χ0) is 13.1. The lowest BCUT2D eigenvalue weighted by molar-refractivity contribution is -0.384. The predicted molar refractivity (Wildman–Crippen MR) is 68.0 cm³/mol. The Hall–Kier alpha value is -2.20. The Morgan fingerprint density at radius 3 is 2.28 bits per heavy atom. The summed E-state index contributed by atoms with van der Waals surface area (Å²) in [5.74, 6) is -0.291. The first-order valence-corrected chi connectivity index (χ1v) is 5.50. The van der Waals surface area contributed by atoms with Gasteiger partial charge in [0.05, 0.1) is 4.92 Å². The average Bonchev–Trinajstić information content (AvgIpc) is 2.38. The van der Waals surface area contributed by atoms with E-state index in [1.165, 1.54) is 30.3 Å².